The minimum atomic E-state index is -1.05. The minimum Gasteiger partial charge on any atom is -0.481 e. The van der Waals surface area contributed by atoms with Crippen molar-refractivity contribution < 1.29 is 25.2 Å². The highest BCUT2D eigenvalue weighted by molar-refractivity contribution is 7.10. The van der Waals surface area contributed by atoms with Crippen LogP contribution in [-0.2, 0) is 4.79 Å². The summed E-state index contributed by atoms with van der Waals surface area (Å²) >= 11 is 1.48. The fourth-order valence-electron chi connectivity index (χ4n) is 2.42. The van der Waals surface area contributed by atoms with E-state index in [9.17, 15) is 20.1 Å². The lowest BCUT2D eigenvalue weighted by molar-refractivity contribution is -0.137. The zero-order valence-corrected chi connectivity index (χ0v) is 14.9. The second-order valence-electron chi connectivity index (χ2n) is 5.95. The van der Waals surface area contributed by atoms with Crippen molar-refractivity contribution in [3.8, 4) is 0 Å². The zero-order chi connectivity index (χ0) is 17.9. The lowest BCUT2D eigenvalue weighted by atomic mass is 10.0. The highest BCUT2D eigenvalue weighted by atomic mass is 32.1. The zero-order valence-electron chi connectivity index (χ0n) is 14.1. The third-order valence-electron chi connectivity index (χ3n) is 3.87. The van der Waals surface area contributed by atoms with Crippen LogP contribution in [0.2, 0.25) is 0 Å². The molecule has 0 aliphatic carbocycles. The van der Waals surface area contributed by atoms with Crippen LogP contribution in [0.15, 0.2) is 17.5 Å². The number of unbranched alkanes of at least 4 members (excludes halogenated alkanes) is 2. The van der Waals surface area contributed by atoms with Crippen LogP contribution in [0.5, 0.6) is 0 Å². The van der Waals surface area contributed by atoms with Crippen molar-refractivity contribution in [3.05, 3.63) is 28.0 Å². The first-order valence-corrected chi connectivity index (χ1v) is 9.35. The van der Waals surface area contributed by atoms with E-state index in [4.69, 9.17) is 5.11 Å². The molecule has 0 saturated carbocycles. The van der Waals surface area contributed by atoms with Gasteiger partial charge in [0, 0.05) is 11.3 Å². The van der Waals surface area contributed by atoms with E-state index in [-0.39, 0.29) is 12.8 Å². The monoisotopic (exact) mass is 356 g/mol. The molecule has 0 amide bonds. The van der Waals surface area contributed by atoms with E-state index in [1.54, 1.807) is 6.08 Å². The number of hydrogen-bond donors (Lipinski definition) is 4. The molecule has 5 nitrogen and oxygen atoms in total. The summed E-state index contributed by atoms with van der Waals surface area (Å²) in [5, 5.41) is 40.5. The number of aliphatic hydroxyl groups is 3. The Morgan fingerprint density at radius 2 is 1.96 bits per heavy atom. The number of carbonyl (C=O) groups is 1. The van der Waals surface area contributed by atoms with Crippen LogP contribution >= 0.6 is 11.3 Å². The van der Waals surface area contributed by atoms with Crippen molar-refractivity contribution in [2.75, 3.05) is 0 Å². The summed E-state index contributed by atoms with van der Waals surface area (Å²) < 4.78 is 0. The van der Waals surface area contributed by atoms with Crippen LogP contribution in [0.1, 0.15) is 68.4 Å². The highest BCUT2D eigenvalue weighted by Gasteiger charge is 2.15. The number of carboxylic acid groups (broad SMARTS) is 1. The van der Waals surface area contributed by atoms with Crippen molar-refractivity contribution in [2.45, 2.75) is 70.2 Å². The van der Waals surface area contributed by atoms with Crippen molar-refractivity contribution in [3.63, 3.8) is 0 Å². The van der Waals surface area contributed by atoms with Crippen molar-refractivity contribution in [2.24, 2.45) is 0 Å². The van der Waals surface area contributed by atoms with Crippen LogP contribution in [-0.4, -0.2) is 38.6 Å². The number of rotatable bonds is 12. The van der Waals surface area contributed by atoms with Gasteiger partial charge >= 0.3 is 5.97 Å². The summed E-state index contributed by atoms with van der Waals surface area (Å²) in [5.74, 6) is -0.910. The molecule has 4 N–H and O–H groups in total. The molecule has 0 radical (unpaired) electrons. The van der Waals surface area contributed by atoms with Gasteiger partial charge in [-0.05, 0) is 36.3 Å². The summed E-state index contributed by atoms with van der Waals surface area (Å²) in [4.78, 5) is 11.3. The molecule has 0 spiro atoms. The van der Waals surface area contributed by atoms with E-state index < -0.39 is 24.3 Å². The van der Waals surface area contributed by atoms with E-state index in [0.29, 0.717) is 6.42 Å². The molecule has 0 fully saturated rings. The van der Waals surface area contributed by atoms with Gasteiger partial charge in [0.2, 0.25) is 0 Å². The molecule has 136 valence electrons. The topological polar surface area (TPSA) is 98.0 Å². The van der Waals surface area contributed by atoms with Gasteiger partial charge in [-0.3, -0.25) is 4.79 Å². The Morgan fingerprint density at radius 1 is 1.21 bits per heavy atom. The molecule has 0 aliphatic rings. The quantitative estimate of drug-likeness (QED) is 0.431. The van der Waals surface area contributed by atoms with E-state index >= 15 is 0 Å². The highest BCUT2D eigenvalue weighted by Crippen LogP contribution is 2.29. The molecular weight excluding hydrogens is 328 g/mol. The van der Waals surface area contributed by atoms with Gasteiger partial charge < -0.3 is 20.4 Å². The predicted octanol–water partition coefficient (Wildman–Crippen LogP) is 3.35. The maximum absolute atomic E-state index is 10.4. The van der Waals surface area contributed by atoms with E-state index in [1.807, 2.05) is 11.4 Å². The summed E-state index contributed by atoms with van der Waals surface area (Å²) in [6, 6.07) is 1.88. The number of aliphatic hydroxyl groups excluding tert-OH is 3. The molecule has 6 heteroatoms. The Labute approximate surface area is 147 Å². The second kappa shape index (κ2) is 11.4. The molecule has 0 bridgehead atoms. The van der Waals surface area contributed by atoms with Crippen LogP contribution in [0, 0.1) is 0 Å². The number of hydrogen-bond acceptors (Lipinski definition) is 5. The Morgan fingerprint density at radius 3 is 2.62 bits per heavy atom. The van der Waals surface area contributed by atoms with E-state index in [1.165, 1.54) is 17.4 Å². The van der Waals surface area contributed by atoms with E-state index in [2.05, 4.69) is 6.92 Å². The van der Waals surface area contributed by atoms with Gasteiger partial charge in [0.1, 0.15) is 0 Å². The van der Waals surface area contributed by atoms with Crippen LogP contribution in [0.3, 0.4) is 0 Å². The third kappa shape index (κ3) is 7.57. The number of aliphatic carboxylic acids is 1. The summed E-state index contributed by atoms with van der Waals surface area (Å²) in [5.41, 5.74) is 0.848. The molecule has 3 atom stereocenters. The van der Waals surface area contributed by atoms with Gasteiger partial charge in [0.15, 0.2) is 0 Å². The molecule has 1 aromatic heterocycles. The lowest BCUT2D eigenvalue weighted by Gasteiger charge is -2.14. The average Bonchev–Trinajstić information content (AvgIpc) is 3.00. The standard InChI is InChI=1S/C18H28O5S/c1-2-3-4-6-16(21)18-13(11-12-24-18)9-10-15(20)14(19)7-5-8-17(22)23/h9-12,14-16,19-21H,2-8H2,1H3,(H,22,23)/b10-9+/t14-,15+,16-/m0/s1. The molecule has 0 unspecified atom stereocenters. The first kappa shape index (κ1) is 20.8. The van der Waals surface area contributed by atoms with Crippen molar-refractivity contribution >= 4 is 23.4 Å². The smallest absolute Gasteiger partial charge is 0.303 e. The molecule has 1 rings (SSSR count). The van der Waals surface area contributed by atoms with Gasteiger partial charge in [-0.1, -0.05) is 38.3 Å². The minimum absolute atomic E-state index is 0.0217. The van der Waals surface area contributed by atoms with Crippen LogP contribution < -0.4 is 0 Å². The lowest BCUT2D eigenvalue weighted by Crippen LogP contribution is -2.23. The van der Waals surface area contributed by atoms with Crippen LogP contribution in [0.4, 0.5) is 0 Å². The first-order chi connectivity index (χ1) is 11.5. The maximum Gasteiger partial charge on any atom is 0.303 e. The predicted molar refractivity (Wildman–Crippen MR) is 96.0 cm³/mol. The SMILES string of the molecule is CCCCC[C@H](O)c1sccc1/C=C/[C@@H](O)[C@@H](O)CCCC(=O)O. The Hall–Kier alpha value is -1.21. The molecular formula is C18H28O5S. The number of carboxylic acids is 1. The third-order valence-corrected chi connectivity index (χ3v) is 4.90. The maximum atomic E-state index is 10.4. The van der Waals surface area contributed by atoms with Gasteiger partial charge in [-0.15, -0.1) is 11.3 Å². The summed E-state index contributed by atoms with van der Waals surface area (Å²) in [6.45, 7) is 2.12. The first-order valence-electron chi connectivity index (χ1n) is 8.47. The average molecular weight is 356 g/mol. The normalized spacial score (nSPS) is 15.5. The Balaban J connectivity index is 2.54. The van der Waals surface area contributed by atoms with Gasteiger partial charge in [-0.25, -0.2) is 0 Å². The fraction of sp³-hybridized carbons (Fsp3) is 0.611. The summed E-state index contributed by atoms with van der Waals surface area (Å²) in [7, 11) is 0. The fourth-order valence-corrected chi connectivity index (χ4v) is 3.33. The van der Waals surface area contributed by atoms with Gasteiger partial charge in [-0.2, -0.15) is 0 Å². The molecule has 0 aromatic carbocycles. The molecule has 24 heavy (non-hydrogen) atoms. The second-order valence-corrected chi connectivity index (χ2v) is 6.90. The molecule has 1 heterocycles. The molecule has 0 saturated heterocycles. The largest absolute Gasteiger partial charge is 0.481 e. The van der Waals surface area contributed by atoms with Gasteiger partial charge in [0.05, 0.1) is 18.3 Å². The Kier molecular flexibility index (Phi) is 9.86. The summed E-state index contributed by atoms with van der Waals surface area (Å²) in [6.07, 6.45) is 5.08. The van der Waals surface area contributed by atoms with Gasteiger partial charge in [0.25, 0.3) is 0 Å². The molecule has 1 aromatic rings. The Bertz CT molecular complexity index is 511. The van der Waals surface area contributed by atoms with Crippen LogP contribution in [0.25, 0.3) is 6.08 Å². The van der Waals surface area contributed by atoms with Crippen molar-refractivity contribution in [1.82, 2.24) is 0 Å². The van der Waals surface area contributed by atoms with Crippen molar-refractivity contribution in [1.29, 1.82) is 0 Å². The molecule has 0 aliphatic heterocycles. The van der Waals surface area contributed by atoms with E-state index in [0.717, 1.165) is 36.1 Å². The number of thiophene rings is 1.